The van der Waals surface area contributed by atoms with Crippen LogP contribution in [0.25, 0.3) is 0 Å². The molecule has 0 spiro atoms. The summed E-state index contributed by atoms with van der Waals surface area (Å²) in [4.78, 5) is 34.0. The molecule has 114 valence electrons. The molecule has 0 radical (unpaired) electrons. The molecular formula is C13H17N3O5. The highest BCUT2D eigenvalue weighted by Crippen LogP contribution is 2.16. The van der Waals surface area contributed by atoms with Gasteiger partial charge in [0.15, 0.2) is 6.10 Å². The van der Waals surface area contributed by atoms with Crippen molar-refractivity contribution in [3.05, 3.63) is 29.8 Å². The molecule has 1 aromatic rings. The highest BCUT2D eigenvalue weighted by Gasteiger charge is 2.21. The SMILES string of the molecule is C[C@@H](OC(=O)c1ccccc1NCCO)C(=O)NC(N)=O. The van der Waals surface area contributed by atoms with E-state index < -0.39 is 24.0 Å². The van der Waals surface area contributed by atoms with Crippen LogP contribution in [0.1, 0.15) is 17.3 Å². The van der Waals surface area contributed by atoms with Gasteiger partial charge in [-0.3, -0.25) is 10.1 Å². The van der Waals surface area contributed by atoms with Crippen LogP contribution in [0.15, 0.2) is 24.3 Å². The zero-order valence-electron chi connectivity index (χ0n) is 11.5. The van der Waals surface area contributed by atoms with Gasteiger partial charge in [0, 0.05) is 12.2 Å². The van der Waals surface area contributed by atoms with E-state index in [2.05, 4.69) is 5.32 Å². The minimum absolute atomic E-state index is 0.0964. The molecule has 0 saturated carbocycles. The minimum atomic E-state index is -1.17. The van der Waals surface area contributed by atoms with E-state index in [1.54, 1.807) is 18.2 Å². The van der Waals surface area contributed by atoms with Crippen LogP contribution in [0, 0.1) is 0 Å². The number of ether oxygens (including phenoxy) is 1. The maximum absolute atomic E-state index is 12.0. The smallest absolute Gasteiger partial charge is 0.341 e. The summed E-state index contributed by atoms with van der Waals surface area (Å²) < 4.78 is 4.96. The van der Waals surface area contributed by atoms with Crippen molar-refractivity contribution in [1.29, 1.82) is 0 Å². The molecule has 0 saturated heterocycles. The number of urea groups is 1. The number of hydrogen-bond acceptors (Lipinski definition) is 6. The van der Waals surface area contributed by atoms with Crippen LogP contribution in [0.3, 0.4) is 0 Å². The zero-order valence-corrected chi connectivity index (χ0v) is 11.5. The summed E-state index contributed by atoms with van der Waals surface area (Å²) in [6.07, 6.45) is -1.17. The highest BCUT2D eigenvalue weighted by molar-refractivity contribution is 5.99. The van der Waals surface area contributed by atoms with Gasteiger partial charge in [-0.1, -0.05) is 12.1 Å². The molecule has 21 heavy (non-hydrogen) atoms. The molecule has 0 bridgehead atoms. The quantitative estimate of drug-likeness (QED) is 0.539. The molecule has 3 amide bonds. The topological polar surface area (TPSA) is 131 Å². The van der Waals surface area contributed by atoms with E-state index in [4.69, 9.17) is 15.6 Å². The van der Waals surface area contributed by atoms with Gasteiger partial charge < -0.3 is 20.9 Å². The number of amides is 3. The first-order valence-electron chi connectivity index (χ1n) is 6.20. The van der Waals surface area contributed by atoms with Gasteiger partial charge in [0.1, 0.15) is 0 Å². The Morgan fingerprint density at radius 2 is 2.00 bits per heavy atom. The summed E-state index contributed by atoms with van der Waals surface area (Å²) in [6, 6.07) is 5.48. The minimum Gasteiger partial charge on any atom is -0.449 e. The predicted octanol–water partition coefficient (Wildman–Crippen LogP) is -0.169. The number of carbonyl (C=O) groups is 3. The Morgan fingerprint density at radius 3 is 2.62 bits per heavy atom. The summed E-state index contributed by atoms with van der Waals surface area (Å²) in [7, 11) is 0. The Morgan fingerprint density at radius 1 is 1.33 bits per heavy atom. The lowest BCUT2D eigenvalue weighted by molar-refractivity contribution is -0.127. The molecule has 5 N–H and O–H groups in total. The normalized spacial score (nSPS) is 11.3. The maximum atomic E-state index is 12.0. The van der Waals surface area contributed by atoms with Crippen LogP contribution in [-0.4, -0.2) is 42.3 Å². The molecular weight excluding hydrogens is 278 g/mol. The lowest BCUT2D eigenvalue weighted by Crippen LogP contribution is -2.42. The summed E-state index contributed by atoms with van der Waals surface area (Å²) in [6.45, 7) is 1.49. The van der Waals surface area contributed by atoms with E-state index in [1.165, 1.54) is 13.0 Å². The Bertz CT molecular complexity index is 532. The molecule has 8 nitrogen and oxygen atoms in total. The Balaban J connectivity index is 2.75. The number of anilines is 1. The molecule has 0 aliphatic carbocycles. The predicted molar refractivity (Wildman–Crippen MR) is 74.6 cm³/mol. The molecule has 8 heteroatoms. The largest absolute Gasteiger partial charge is 0.449 e. The first-order valence-corrected chi connectivity index (χ1v) is 6.20. The van der Waals surface area contributed by atoms with E-state index in [0.29, 0.717) is 5.69 Å². The second kappa shape index (κ2) is 7.85. The molecule has 0 aliphatic heterocycles. The summed E-state index contributed by atoms with van der Waals surface area (Å²) in [5, 5.41) is 13.5. The van der Waals surface area contributed by atoms with Crippen molar-refractivity contribution >= 4 is 23.6 Å². The van der Waals surface area contributed by atoms with Gasteiger partial charge in [-0.15, -0.1) is 0 Å². The number of benzene rings is 1. The molecule has 1 rings (SSSR count). The first-order chi connectivity index (χ1) is 9.95. The zero-order chi connectivity index (χ0) is 15.8. The number of imide groups is 1. The van der Waals surface area contributed by atoms with E-state index in [9.17, 15) is 14.4 Å². The second-order valence-corrected chi connectivity index (χ2v) is 4.10. The summed E-state index contributed by atoms with van der Waals surface area (Å²) in [5.41, 5.74) is 5.49. The number of para-hydroxylation sites is 1. The lowest BCUT2D eigenvalue weighted by atomic mass is 10.2. The number of hydrogen-bond donors (Lipinski definition) is 4. The van der Waals surface area contributed by atoms with Crippen LogP contribution >= 0.6 is 0 Å². The number of nitrogens with one attached hydrogen (secondary N) is 2. The fourth-order valence-corrected chi connectivity index (χ4v) is 1.51. The van der Waals surface area contributed by atoms with Gasteiger partial charge in [0.2, 0.25) is 0 Å². The van der Waals surface area contributed by atoms with Crippen molar-refractivity contribution in [1.82, 2.24) is 5.32 Å². The van der Waals surface area contributed by atoms with Gasteiger partial charge in [-0.2, -0.15) is 0 Å². The van der Waals surface area contributed by atoms with E-state index in [-0.39, 0.29) is 18.7 Å². The van der Waals surface area contributed by atoms with Crippen molar-refractivity contribution in [2.75, 3.05) is 18.5 Å². The van der Waals surface area contributed by atoms with Crippen molar-refractivity contribution in [2.45, 2.75) is 13.0 Å². The molecule has 0 heterocycles. The number of primary amides is 1. The number of carbonyl (C=O) groups excluding carboxylic acids is 3. The van der Waals surface area contributed by atoms with Crippen molar-refractivity contribution in [3.63, 3.8) is 0 Å². The van der Waals surface area contributed by atoms with Gasteiger partial charge in [-0.25, -0.2) is 9.59 Å². The van der Waals surface area contributed by atoms with Crippen molar-refractivity contribution in [3.8, 4) is 0 Å². The number of aliphatic hydroxyl groups is 1. The number of esters is 1. The van der Waals surface area contributed by atoms with E-state index in [0.717, 1.165) is 0 Å². The lowest BCUT2D eigenvalue weighted by Gasteiger charge is -2.14. The molecule has 0 fully saturated rings. The molecule has 0 unspecified atom stereocenters. The number of aliphatic hydroxyl groups excluding tert-OH is 1. The first kappa shape index (κ1) is 16.4. The Hall–Kier alpha value is -2.61. The summed E-state index contributed by atoms with van der Waals surface area (Å²) in [5.74, 6) is -1.54. The van der Waals surface area contributed by atoms with E-state index >= 15 is 0 Å². The maximum Gasteiger partial charge on any atom is 0.341 e. The average Bonchev–Trinajstić information content (AvgIpc) is 2.44. The Labute approximate surface area is 121 Å². The molecule has 1 aromatic carbocycles. The second-order valence-electron chi connectivity index (χ2n) is 4.10. The van der Waals surface area contributed by atoms with Crippen LogP contribution in [0.5, 0.6) is 0 Å². The van der Waals surface area contributed by atoms with Crippen LogP contribution in [0.4, 0.5) is 10.5 Å². The van der Waals surface area contributed by atoms with Gasteiger partial charge in [0.05, 0.1) is 12.2 Å². The van der Waals surface area contributed by atoms with Gasteiger partial charge in [-0.05, 0) is 19.1 Å². The van der Waals surface area contributed by atoms with Crippen LogP contribution in [0.2, 0.25) is 0 Å². The van der Waals surface area contributed by atoms with Crippen molar-refractivity contribution < 1.29 is 24.2 Å². The van der Waals surface area contributed by atoms with Gasteiger partial charge in [0.25, 0.3) is 5.91 Å². The fourth-order valence-electron chi connectivity index (χ4n) is 1.51. The molecule has 1 atom stereocenters. The summed E-state index contributed by atoms with van der Waals surface area (Å²) >= 11 is 0. The number of nitrogens with two attached hydrogens (primary N) is 1. The van der Waals surface area contributed by atoms with E-state index in [1.807, 2.05) is 5.32 Å². The Kier molecular flexibility index (Phi) is 6.15. The van der Waals surface area contributed by atoms with Crippen LogP contribution in [-0.2, 0) is 9.53 Å². The van der Waals surface area contributed by atoms with Crippen molar-refractivity contribution in [2.24, 2.45) is 5.73 Å². The average molecular weight is 295 g/mol. The van der Waals surface area contributed by atoms with Gasteiger partial charge >= 0.3 is 12.0 Å². The van der Waals surface area contributed by atoms with Crippen LogP contribution < -0.4 is 16.4 Å². The standard InChI is InChI=1S/C13H17N3O5/c1-8(11(18)16-13(14)20)21-12(19)9-4-2-3-5-10(9)15-6-7-17/h2-5,8,15,17H,6-7H2,1H3,(H3,14,16,18,20)/t8-/m1/s1. The highest BCUT2D eigenvalue weighted by atomic mass is 16.5. The molecule has 0 aliphatic rings. The monoisotopic (exact) mass is 295 g/mol. The molecule has 0 aromatic heterocycles. The number of rotatable bonds is 6. The fraction of sp³-hybridized carbons (Fsp3) is 0.308. The third-order valence-corrected chi connectivity index (χ3v) is 2.47. The third kappa shape index (κ3) is 5.11. The third-order valence-electron chi connectivity index (χ3n) is 2.47.